The molecule has 156 valence electrons. The molecule has 7 nitrogen and oxygen atoms in total. The van der Waals surface area contributed by atoms with E-state index in [2.05, 4.69) is 9.97 Å². The van der Waals surface area contributed by atoms with E-state index in [4.69, 9.17) is 9.72 Å². The first-order valence-corrected chi connectivity index (χ1v) is 9.55. The molecular formula is C20H18F3N5O2. The molecule has 0 aliphatic carbocycles. The SMILES string of the molecule is O=C1c2cc(N3CCOCC3)nc(-c3cnc4[nH]ccc4c3)c2CN1CC(F)(F)F. The molecule has 5 heterocycles. The van der Waals surface area contributed by atoms with Crippen LogP contribution < -0.4 is 4.90 Å². The summed E-state index contributed by atoms with van der Waals surface area (Å²) in [6, 6.07) is 5.34. The Morgan fingerprint density at radius 1 is 1.20 bits per heavy atom. The Labute approximate surface area is 169 Å². The normalized spacial score (nSPS) is 17.1. The van der Waals surface area contributed by atoms with E-state index in [1.165, 1.54) is 0 Å². The minimum absolute atomic E-state index is 0.134. The minimum atomic E-state index is -4.47. The van der Waals surface area contributed by atoms with Gasteiger partial charge in [0.15, 0.2) is 0 Å². The second-order valence-corrected chi connectivity index (χ2v) is 7.37. The van der Waals surface area contributed by atoms with Crippen LogP contribution in [0.15, 0.2) is 30.6 Å². The lowest BCUT2D eigenvalue weighted by Gasteiger charge is -2.28. The largest absolute Gasteiger partial charge is 0.406 e. The second kappa shape index (κ2) is 6.98. The van der Waals surface area contributed by atoms with Crippen LogP contribution in [-0.4, -0.2) is 64.8 Å². The van der Waals surface area contributed by atoms with Gasteiger partial charge in [0.1, 0.15) is 18.0 Å². The first-order chi connectivity index (χ1) is 14.4. The molecule has 0 atom stereocenters. The second-order valence-electron chi connectivity index (χ2n) is 7.37. The molecule has 0 bridgehead atoms. The molecule has 1 N–H and O–H groups in total. The van der Waals surface area contributed by atoms with E-state index >= 15 is 0 Å². The number of halogens is 3. The van der Waals surface area contributed by atoms with Crippen molar-refractivity contribution in [1.29, 1.82) is 0 Å². The van der Waals surface area contributed by atoms with Gasteiger partial charge in [-0.3, -0.25) is 4.79 Å². The smallest absolute Gasteiger partial charge is 0.378 e. The summed E-state index contributed by atoms with van der Waals surface area (Å²) in [6.07, 6.45) is -1.08. The fourth-order valence-corrected chi connectivity index (χ4v) is 3.95. The van der Waals surface area contributed by atoms with Crippen molar-refractivity contribution in [3.8, 4) is 11.3 Å². The summed E-state index contributed by atoms with van der Waals surface area (Å²) in [5.74, 6) is -0.0698. The molecule has 5 rings (SSSR count). The van der Waals surface area contributed by atoms with Crippen LogP contribution in [0.3, 0.4) is 0 Å². The highest BCUT2D eigenvalue weighted by Gasteiger charge is 2.39. The van der Waals surface area contributed by atoms with Crippen molar-refractivity contribution >= 4 is 22.8 Å². The highest BCUT2D eigenvalue weighted by Crippen LogP contribution is 2.36. The predicted octanol–water partition coefficient (Wildman–Crippen LogP) is 2.98. The molecule has 3 aromatic rings. The van der Waals surface area contributed by atoms with E-state index < -0.39 is 18.6 Å². The molecule has 2 aliphatic heterocycles. The molecular weight excluding hydrogens is 399 g/mol. The third-order valence-corrected chi connectivity index (χ3v) is 5.36. The number of aromatic amines is 1. The van der Waals surface area contributed by atoms with Gasteiger partial charge in [0.05, 0.1) is 24.5 Å². The fourth-order valence-electron chi connectivity index (χ4n) is 3.95. The number of fused-ring (bicyclic) bond motifs is 2. The summed E-state index contributed by atoms with van der Waals surface area (Å²) in [4.78, 5) is 27.7. The van der Waals surface area contributed by atoms with Gasteiger partial charge in [0.25, 0.3) is 5.91 Å². The number of H-pyrrole nitrogens is 1. The van der Waals surface area contributed by atoms with Crippen molar-refractivity contribution in [1.82, 2.24) is 19.9 Å². The van der Waals surface area contributed by atoms with Crippen molar-refractivity contribution in [3.05, 3.63) is 41.7 Å². The number of anilines is 1. The average molecular weight is 417 g/mol. The Kier molecular flexibility index (Phi) is 4.39. The van der Waals surface area contributed by atoms with E-state index in [0.717, 1.165) is 10.3 Å². The van der Waals surface area contributed by atoms with Crippen LogP contribution in [0.25, 0.3) is 22.3 Å². The number of nitrogens with one attached hydrogen (secondary N) is 1. The van der Waals surface area contributed by atoms with Crippen molar-refractivity contribution < 1.29 is 22.7 Å². The third kappa shape index (κ3) is 3.36. The standard InChI is InChI=1S/C20H18F3N5O2/c21-20(22,23)11-28-10-15-14(19(28)29)8-16(27-3-5-30-6-4-27)26-17(15)13-7-12-1-2-24-18(12)25-9-13/h1-2,7-9H,3-6,10-11H2,(H,24,25). The molecule has 0 radical (unpaired) electrons. The van der Waals surface area contributed by atoms with Gasteiger partial charge in [-0.05, 0) is 18.2 Å². The van der Waals surface area contributed by atoms with Crippen LogP contribution in [0, 0.1) is 0 Å². The van der Waals surface area contributed by atoms with Gasteiger partial charge in [0.2, 0.25) is 0 Å². The van der Waals surface area contributed by atoms with Crippen molar-refractivity contribution in [2.75, 3.05) is 37.7 Å². The Morgan fingerprint density at radius 2 is 2.00 bits per heavy atom. The summed E-state index contributed by atoms with van der Waals surface area (Å²) < 4.78 is 44.4. The fraction of sp³-hybridized carbons (Fsp3) is 0.350. The summed E-state index contributed by atoms with van der Waals surface area (Å²) in [7, 11) is 0. The highest BCUT2D eigenvalue weighted by molar-refractivity contribution is 6.01. The molecule has 0 saturated carbocycles. The maximum Gasteiger partial charge on any atom is 0.406 e. The summed E-state index contributed by atoms with van der Waals surface area (Å²) in [5.41, 5.74) is 2.62. The molecule has 1 saturated heterocycles. The van der Waals surface area contributed by atoms with Crippen LogP contribution >= 0.6 is 0 Å². The topological polar surface area (TPSA) is 74.4 Å². The zero-order chi connectivity index (χ0) is 20.9. The predicted molar refractivity (Wildman–Crippen MR) is 103 cm³/mol. The number of hydrogen-bond donors (Lipinski definition) is 1. The van der Waals surface area contributed by atoms with Crippen molar-refractivity contribution in [2.45, 2.75) is 12.7 Å². The first kappa shape index (κ1) is 18.9. The van der Waals surface area contributed by atoms with E-state index in [-0.39, 0.29) is 12.1 Å². The van der Waals surface area contributed by atoms with Crippen LogP contribution in [0.1, 0.15) is 15.9 Å². The molecule has 1 fully saturated rings. The van der Waals surface area contributed by atoms with E-state index in [9.17, 15) is 18.0 Å². The molecule has 0 unspecified atom stereocenters. The molecule has 10 heteroatoms. The lowest BCUT2D eigenvalue weighted by Crippen LogP contribution is -2.37. The van der Waals surface area contributed by atoms with Gasteiger partial charge in [0, 0.05) is 48.5 Å². The first-order valence-electron chi connectivity index (χ1n) is 9.55. The Bertz CT molecular complexity index is 1120. The molecule has 1 amide bonds. The lowest BCUT2D eigenvalue weighted by molar-refractivity contribution is -0.140. The lowest BCUT2D eigenvalue weighted by atomic mass is 10.0. The summed E-state index contributed by atoms with van der Waals surface area (Å²) in [6.45, 7) is 0.826. The van der Waals surface area contributed by atoms with Gasteiger partial charge in [-0.2, -0.15) is 13.2 Å². The summed E-state index contributed by atoms with van der Waals surface area (Å²) in [5, 5.41) is 0.858. The minimum Gasteiger partial charge on any atom is -0.378 e. The number of amides is 1. The monoisotopic (exact) mass is 417 g/mol. The number of alkyl halides is 3. The molecule has 2 aliphatic rings. The van der Waals surface area contributed by atoms with Gasteiger partial charge >= 0.3 is 6.18 Å². The Hall–Kier alpha value is -3.14. The number of ether oxygens (including phenoxy) is 1. The van der Waals surface area contributed by atoms with Gasteiger partial charge in [-0.25, -0.2) is 9.97 Å². The number of carbonyl (C=O) groups excluding carboxylic acids is 1. The van der Waals surface area contributed by atoms with Crippen molar-refractivity contribution in [2.24, 2.45) is 0 Å². The van der Waals surface area contributed by atoms with Gasteiger partial charge < -0.3 is 19.5 Å². The number of pyridine rings is 2. The number of rotatable bonds is 3. The molecule has 3 aromatic heterocycles. The number of hydrogen-bond acceptors (Lipinski definition) is 5. The number of nitrogens with zero attached hydrogens (tertiary/aromatic N) is 4. The van der Waals surface area contributed by atoms with Crippen LogP contribution in [0.2, 0.25) is 0 Å². The maximum absolute atomic E-state index is 13.0. The zero-order valence-electron chi connectivity index (χ0n) is 15.9. The quantitative estimate of drug-likeness (QED) is 0.709. The molecule has 30 heavy (non-hydrogen) atoms. The van der Waals surface area contributed by atoms with Gasteiger partial charge in [-0.15, -0.1) is 0 Å². The Morgan fingerprint density at radius 3 is 2.77 bits per heavy atom. The Balaban J connectivity index is 1.62. The average Bonchev–Trinajstić information content (AvgIpc) is 3.31. The zero-order valence-corrected chi connectivity index (χ0v) is 15.9. The number of morpholine rings is 1. The van der Waals surface area contributed by atoms with Crippen LogP contribution in [0.4, 0.5) is 19.0 Å². The highest BCUT2D eigenvalue weighted by atomic mass is 19.4. The molecule has 0 spiro atoms. The van der Waals surface area contributed by atoms with Crippen LogP contribution in [-0.2, 0) is 11.3 Å². The van der Waals surface area contributed by atoms with Gasteiger partial charge in [-0.1, -0.05) is 0 Å². The van der Waals surface area contributed by atoms with E-state index in [1.54, 1.807) is 18.5 Å². The number of carbonyl (C=O) groups is 1. The van der Waals surface area contributed by atoms with Crippen molar-refractivity contribution in [3.63, 3.8) is 0 Å². The van der Waals surface area contributed by atoms with E-state index in [0.29, 0.717) is 54.6 Å². The summed E-state index contributed by atoms with van der Waals surface area (Å²) >= 11 is 0. The maximum atomic E-state index is 13.0. The van der Waals surface area contributed by atoms with E-state index in [1.807, 2.05) is 17.0 Å². The molecule has 0 aromatic carbocycles. The number of aromatic nitrogens is 3. The third-order valence-electron chi connectivity index (χ3n) is 5.36. The van der Waals surface area contributed by atoms with Crippen LogP contribution in [0.5, 0.6) is 0 Å².